The maximum atomic E-state index is 4.10. The zero-order valence-corrected chi connectivity index (χ0v) is 13.0. The maximum Gasteiger partial charge on any atom is 0.0271 e. The van der Waals surface area contributed by atoms with Crippen LogP contribution in [0, 0.1) is 5.92 Å². The number of hydrogen-bond donors (Lipinski definition) is 0. The Hall–Kier alpha value is -1.19. The number of allylic oxidation sites excluding steroid dienone is 2. The van der Waals surface area contributed by atoms with E-state index in [9.17, 15) is 0 Å². The van der Waals surface area contributed by atoms with Gasteiger partial charge in [0.15, 0.2) is 0 Å². The molecule has 1 aliphatic heterocycles. The minimum Gasteiger partial charge on any atom is -0.302 e. The van der Waals surface area contributed by atoms with Crippen LogP contribution in [0.25, 0.3) is 0 Å². The number of pyridine rings is 1. The molecular weight excluding hydrogens is 258 g/mol. The third kappa shape index (κ3) is 4.65. The van der Waals surface area contributed by atoms with E-state index in [1.165, 1.54) is 64.0 Å². The second-order valence-corrected chi connectivity index (χ2v) is 6.44. The zero-order chi connectivity index (χ0) is 14.3. The molecule has 0 N–H and O–H groups in total. The van der Waals surface area contributed by atoms with E-state index in [1.807, 2.05) is 12.4 Å². The van der Waals surface area contributed by atoms with Crippen LogP contribution in [0.2, 0.25) is 0 Å². The lowest BCUT2D eigenvalue weighted by molar-refractivity contribution is 0.219. The normalized spacial score (nSPS) is 24.9. The van der Waals surface area contributed by atoms with Gasteiger partial charge in [-0.05, 0) is 62.4 Å². The SMILES string of the molecule is C1=CCC(CN2CCCN(Cc3ccncc3)CC2)CC1. The molecule has 0 spiro atoms. The van der Waals surface area contributed by atoms with Crippen LogP contribution in [-0.2, 0) is 6.54 Å². The summed E-state index contributed by atoms with van der Waals surface area (Å²) >= 11 is 0. The zero-order valence-electron chi connectivity index (χ0n) is 13.0. The fourth-order valence-electron chi connectivity index (χ4n) is 3.50. The molecule has 2 aliphatic rings. The second kappa shape index (κ2) is 7.71. The lowest BCUT2D eigenvalue weighted by Gasteiger charge is -2.27. The molecule has 0 radical (unpaired) electrons. The van der Waals surface area contributed by atoms with Gasteiger partial charge < -0.3 is 4.90 Å². The predicted octanol–water partition coefficient (Wildman–Crippen LogP) is 2.95. The fraction of sp³-hybridized carbons (Fsp3) is 0.611. The fourth-order valence-corrected chi connectivity index (χ4v) is 3.50. The van der Waals surface area contributed by atoms with Crippen molar-refractivity contribution in [3.8, 4) is 0 Å². The molecule has 0 saturated carbocycles. The van der Waals surface area contributed by atoms with E-state index < -0.39 is 0 Å². The summed E-state index contributed by atoms with van der Waals surface area (Å²) < 4.78 is 0. The van der Waals surface area contributed by atoms with Crippen molar-refractivity contribution in [3.63, 3.8) is 0 Å². The summed E-state index contributed by atoms with van der Waals surface area (Å²) in [5.41, 5.74) is 1.39. The van der Waals surface area contributed by atoms with Gasteiger partial charge in [0.05, 0.1) is 0 Å². The van der Waals surface area contributed by atoms with Crippen LogP contribution in [-0.4, -0.2) is 47.5 Å². The Bertz CT molecular complexity index is 443. The van der Waals surface area contributed by atoms with Crippen molar-refractivity contribution < 1.29 is 0 Å². The minimum atomic E-state index is 0.891. The van der Waals surface area contributed by atoms with Gasteiger partial charge in [-0.25, -0.2) is 0 Å². The number of nitrogens with zero attached hydrogens (tertiary/aromatic N) is 3. The molecule has 3 heteroatoms. The van der Waals surface area contributed by atoms with E-state index in [4.69, 9.17) is 0 Å². The molecular formula is C18H27N3. The van der Waals surface area contributed by atoms with Gasteiger partial charge in [0.25, 0.3) is 0 Å². The van der Waals surface area contributed by atoms with Crippen molar-refractivity contribution >= 4 is 0 Å². The summed E-state index contributed by atoms with van der Waals surface area (Å²) in [5.74, 6) is 0.891. The lowest BCUT2D eigenvalue weighted by Crippen LogP contribution is -2.34. The molecule has 1 unspecified atom stereocenters. The Morgan fingerprint density at radius 2 is 1.81 bits per heavy atom. The van der Waals surface area contributed by atoms with Crippen molar-refractivity contribution in [2.75, 3.05) is 32.7 Å². The highest BCUT2D eigenvalue weighted by Gasteiger charge is 2.18. The summed E-state index contributed by atoms with van der Waals surface area (Å²) in [4.78, 5) is 9.39. The number of aromatic nitrogens is 1. The molecule has 0 bridgehead atoms. The van der Waals surface area contributed by atoms with Crippen LogP contribution < -0.4 is 0 Å². The average Bonchev–Trinajstić information content (AvgIpc) is 2.75. The van der Waals surface area contributed by atoms with Gasteiger partial charge in [-0.1, -0.05) is 12.2 Å². The molecule has 2 heterocycles. The molecule has 1 aromatic rings. The van der Waals surface area contributed by atoms with Crippen LogP contribution in [0.5, 0.6) is 0 Å². The molecule has 3 nitrogen and oxygen atoms in total. The first-order valence-electron chi connectivity index (χ1n) is 8.39. The summed E-state index contributed by atoms with van der Waals surface area (Å²) in [6, 6.07) is 4.27. The van der Waals surface area contributed by atoms with Crippen LogP contribution in [0.3, 0.4) is 0 Å². The van der Waals surface area contributed by atoms with Crippen molar-refractivity contribution in [2.24, 2.45) is 5.92 Å². The Labute approximate surface area is 128 Å². The molecule has 1 aromatic heterocycles. The summed E-state index contributed by atoms with van der Waals surface area (Å²) in [6.07, 6.45) is 13.8. The van der Waals surface area contributed by atoms with Gasteiger partial charge in [0.1, 0.15) is 0 Å². The highest BCUT2D eigenvalue weighted by Crippen LogP contribution is 2.20. The third-order valence-corrected chi connectivity index (χ3v) is 4.73. The second-order valence-electron chi connectivity index (χ2n) is 6.44. The molecule has 114 valence electrons. The quantitative estimate of drug-likeness (QED) is 0.793. The summed E-state index contributed by atoms with van der Waals surface area (Å²) in [5, 5.41) is 0. The van der Waals surface area contributed by atoms with Crippen LogP contribution in [0.4, 0.5) is 0 Å². The first-order chi connectivity index (χ1) is 10.4. The standard InChI is InChI=1S/C18H27N3/c1-2-5-17(6-3-1)15-20-11-4-12-21(14-13-20)16-18-7-9-19-10-8-18/h1-2,7-10,17H,3-6,11-16H2. The molecule has 1 aliphatic carbocycles. The van der Waals surface area contributed by atoms with Crippen molar-refractivity contribution in [3.05, 3.63) is 42.2 Å². The van der Waals surface area contributed by atoms with E-state index >= 15 is 0 Å². The summed E-state index contributed by atoms with van der Waals surface area (Å²) in [7, 11) is 0. The lowest BCUT2D eigenvalue weighted by atomic mass is 9.94. The van der Waals surface area contributed by atoms with Gasteiger partial charge in [-0.15, -0.1) is 0 Å². The molecule has 3 rings (SSSR count). The Morgan fingerprint density at radius 1 is 1.00 bits per heavy atom. The maximum absolute atomic E-state index is 4.10. The van der Waals surface area contributed by atoms with Crippen molar-refractivity contribution in [1.29, 1.82) is 0 Å². The molecule has 1 atom stereocenters. The topological polar surface area (TPSA) is 19.4 Å². The van der Waals surface area contributed by atoms with E-state index in [2.05, 4.69) is 39.1 Å². The van der Waals surface area contributed by atoms with Crippen molar-refractivity contribution in [2.45, 2.75) is 32.2 Å². The van der Waals surface area contributed by atoms with Gasteiger partial charge in [0, 0.05) is 38.6 Å². The number of rotatable bonds is 4. The Balaban J connectivity index is 1.46. The van der Waals surface area contributed by atoms with Crippen molar-refractivity contribution in [1.82, 2.24) is 14.8 Å². The van der Waals surface area contributed by atoms with Crippen LogP contribution in [0.1, 0.15) is 31.2 Å². The summed E-state index contributed by atoms with van der Waals surface area (Å²) in [6.45, 7) is 7.29. The highest BCUT2D eigenvalue weighted by molar-refractivity contribution is 5.09. The van der Waals surface area contributed by atoms with E-state index in [0.29, 0.717) is 0 Å². The molecule has 1 fully saturated rings. The minimum absolute atomic E-state index is 0.891. The monoisotopic (exact) mass is 285 g/mol. The van der Waals surface area contributed by atoms with Crippen LogP contribution in [0.15, 0.2) is 36.7 Å². The van der Waals surface area contributed by atoms with Crippen LogP contribution >= 0.6 is 0 Å². The predicted molar refractivity (Wildman–Crippen MR) is 87.1 cm³/mol. The first kappa shape index (κ1) is 14.7. The van der Waals surface area contributed by atoms with E-state index in [0.717, 1.165) is 12.5 Å². The van der Waals surface area contributed by atoms with Gasteiger partial charge in [-0.2, -0.15) is 0 Å². The largest absolute Gasteiger partial charge is 0.302 e. The highest BCUT2D eigenvalue weighted by atomic mass is 15.2. The first-order valence-corrected chi connectivity index (χ1v) is 8.39. The van der Waals surface area contributed by atoms with Gasteiger partial charge >= 0.3 is 0 Å². The molecule has 0 amide bonds. The van der Waals surface area contributed by atoms with Gasteiger partial charge in [-0.3, -0.25) is 9.88 Å². The molecule has 21 heavy (non-hydrogen) atoms. The Kier molecular flexibility index (Phi) is 5.41. The molecule has 1 saturated heterocycles. The third-order valence-electron chi connectivity index (χ3n) is 4.73. The van der Waals surface area contributed by atoms with E-state index in [1.54, 1.807) is 0 Å². The Morgan fingerprint density at radius 3 is 2.62 bits per heavy atom. The molecule has 0 aromatic carbocycles. The van der Waals surface area contributed by atoms with E-state index in [-0.39, 0.29) is 0 Å². The number of hydrogen-bond acceptors (Lipinski definition) is 3. The average molecular weight is 285 g/mol. The van der Waals surface area contributed by atoms with Gasteiger partial charge in [0.2, 0.25) is 0 Å². The smallest absolute Gasteiger partial charge is 0.0271 e.